The quantitative estimate of drug-likeness (QED) is 0.848. The Bertz CT molecular complexity index is 419. The van der Waals surface area contributed by atoms with E-state index in [1.807, 2.05) is 6.92 Å². The van der Waals surface area contributed by atoms with Crippen LogP contribution in [0.25, 0.3) is 0 Å². The van der Waals surface area contributed by atoms with Crippen LogP contribution in [0.15, 0.2) is 12.1 Å². The first-order chi connectivity index (χ1) is 8.60. The smallest absolute Gasteiger partial charge is 0.168 e. The molecule has 2 nitrogen and oxygen atoms in total. The zero-order valence-corrected chi connectivity index (χ0v) is 10.6. The minimum atomic E-state index is -0.631. The molecule has 0 aliphatic heterocycles. The molecule has 0 saturated heterocycles. The van der Waals surface area contributed by atoms with Gasteiger partial charge in [-0.3, -0.25) is 0 Å². The van der Waals surface area contributed by atoms with E-state index < -0.39 is 11.6 Å². The van der Waals surface area contributed by atoms with Gasteiger partial charge in [0.05, 0.1) is 6.61 Å². The predicted octanol–water partition coefficient (Wildman–Crippen LogP) is 3.03. The molecule has 1 fully saturated rings. The van der Waals surface area contributed by atoms with Crippen molar-refractivity contribution >= 4 is 0 Å². The first kappa shape index (κ1) is 13.3. The van der Waals surface area contributed by atoms with E-state index in [0.717, 1.165) is 25.3 Å². The van der Waals surface area contributed by atoms with Crippen molar-refractivity contribution < 1.29 is 13.5 Å². The van der Waals surface area contributed by atoms with Gasteiger partial charge in [-0.25, -0.2) is 8.78 Å². The minimum Gasteiger partial charge on any atom is -0.490 e. The van der Waals surface area contributed by atoms with Gasteiger partial charge in [0, 0.05) is 17.7 Å². The second-order valence-electron chi connectivity index (χ2n) is 5.00. The van der Waals surface area contributed by atoms with Crippen LogP contribution in [-0.2, 0) is 6.42 Å². The molecule has 0 aromatic heterocycles. The van der Waals surface area contributed by atoms with Gasteiger partial charge in [-0.15, -0.1) is 0 Å². The molecule has 2 rings (SSSR count). The molecule has 0 spiro atoms. The van der Waals surface area contributed by atoms with E-state index >= 15 is 0 Å². The average Bonchev–Trinajstić information content (AvgIpc) is 3.11. The maximum atomic E-state index is 13.7. The van der Waals surface area contributed by atoms with E-state index in [-0.39, 0.29) is 11.8 Å². The third kappa shape index (κ3) is 3.42. The number of hydrogen-bond donors (Lipinski definition) is 1. The van der Waals surface area contributed by atoms with Crippen LogP contribution in [0.4, 0.5) is 8.78 Å². The highest BCUT2D eigenvalue weighted by Gasteiger charge is 2.23. The third-order valence-electron chi connectivity index (χ3n) is 3.25. The maximum absolute atomic E-state index is 13.7. The zero-order chi connectivity index (χ0) is 13.1. The van der Waals surface area contributed by atoms with Crippen LogP contribution in [0.1, 0.15) is 31.7 Å². The van der Waals surface area contributed by atoms with E-state index in [1.165, 1.54) is 6.07 Å². The van der Waals surface area contributed by atoms with E-state index in [1.54, 1.807) is 0 Å². The van der Waals surface area contributed by atoms with E-state index in [0.29, 0.717) is 24.5 Å². The lowest BCUT2D eigenvalue weighted by Crippen LogP contribution is -2.22. The van der Waals surface area contributed by atoms with Gasteiger partial charge >= 0.3 is 0 Å². The molecule has 1 atom stereocenters. The molecule has 1 unspecified atom stereocenters. The fourth-order valence-electron chi connectivity index (χ4n) is 1.84. The van der Waals surface area contributed by atoms with Crippen molar-refractivity contribution in [3.8, 4) is 5.75 Å². The Morgan fingerprint density at radius 2 is 2.11 bits per heavy atom. The van der Waals surface area contributed by atoms with Crippen LogP contribution in [0.3, 0.4) is 0 Å². The van der Waals surface area contributed by atoms with Gasteiger partial charge < -0.3 is 10.5 Å². The van der Waals surface area contributed by atoms with Crippen LogP contribution in [-0.4, -0.2) is 12.6 Å². The summed E-state index contributed by atoms with van der Waals surface area (Å²) in [5.74, 6) is -0.507. The van der Waals surface area contributed by atoms with Gasteiger partial charge in [0.15, 0.2) is 11.6 Å². The summed E-state index contributed by atoms with van der Waals surface area (Å²) in [4.78, 5) is 0. The highest BCUT2D eigenvalue weighted by atomic mass is 19.1. The van der Waals surface area contributed by atoms with Crippen LogP contribution < -0.4 is 10.5 Å². The number of halogens is 2. The van der Waals surface area contributed by atoms with Crippen molar-refractivity contribution in [2.24, 2.45) is 11.7 Å². The summed E-state index contributed by atoms with van der Waals surface area (Å²) in [5.41, 5.74) is 6.37. The zero-order valence-electron chi connectivity index (χ0n) is 10.6. The average molecular weight is 255 g/mol. The van der Waals surface area contributed by atoms with Gasteiger partial charge in [0.2, 0.25) is 0 Å². The Hall–Kier alpha value is -1.16. The molecule has 1 aliphatic rings. The summed E-state index contributed by atoms with van der Waals surface area (Å²) in [7, 11) is 0. The SMILES string of the molecule is CCC(N)Cc1cc(F)cc(F)c1OCC1CC1. The Kier molecular flexibility index (Phi) is 4.17. The second kappa shape index (κ2) is 5.65. The molecule has 1 saturated carbocycles. The number of ether oxygens (including phenoxy) is 1. The van der Waals surface area contributed by atoms with Crippen molar-refractivity contribution in [3.05, 3.63) is 29.3 Å². The first-order valence-corrected chi connectivity index (χ1v) is 6.46. The molecule has 4 heteroatoms. The summed E-state index contributed by atoms with van der Waals surface area (Å²) in [6, 6.07) is 2.08. The minimum absolute atomic E-state index is 0.102. The molecule has 1 aromatic carbocycles. The van der Waals surface area contributed by atoms with Crippen LogP contribution in [0.2, 0.25) is 0 Å². The van der Waals surface area contributed by atoms with Gasteiger partial charge in [-0.2, -0.15) is 0 Å². The van der Waals surface area contributed by atoms with Crippen molar-refractivity contribution in [3.63, 3.8) is 0 Å². The highest BCUT2D eigenvalue weighted by molar-refractivity contribution is 5.36. The maximum Gasteiger partial charge on any atom is 0.168 e. The van der Waals surface area contributed by atoms with Crippen LogP contribution in [0.5, 0.6) is 5.75 Å². The van der Waals surface area contributed by atoms with Gasteiger partial charge in [0.1, 0.15) is 5.82 Å². The second-order valence-corrected chi connectivity index (χ2v) is 5.00. The fraction of sp³-hybridized carbons (Fsp3) is 0.571. The molecule has 100 valence electrons. The molecular weight excluding hydrogens is 236 g/mol. The molecule has 0 heterocycles. The largest absolute Gasteiger partial charge is 0.490 e. The van der Waals surface area contributed by atoms with Crippen LogP contribution in [0, 0.1) is 17.6 Å². The molecular formula is C14H19F2NO. The van der Waals surface area contributed by atoms with Crippen molar-refractivity contribution in [2.45, 2.75) is 38.6 Å². The lowest BCUT2D eigenvalue weighted by molar-refractivity contribution is 0.280. The molecule has 0 radical (unpaired) electrons. The molecule has 0 bridgehead atoms. The molecule has 2 N–H and O–H groups in total. The van der Waals surface area contributed by atoms with Crippen molar-refractivity contribution in [1.82, 2.24) is 0 Å². The number of nitrogens with two attached hydrogens (primary N) is 1. The highest BCUT2D eigenvalue weighted by Crippen LogP contribution is 2.32. The van der Waals surface area contributed by atoms with Gasteiger partial charge in [-0.1, -0.05) is 6.92 Å². The summed E-state index contributed by atoms with van der Waals surface area (Å²) in [5, 5.41) is 0. The number of rotatable bonds is 6. The van der Waals surface area contributed by atoms with E-state index in [4.69, 9.17) is 10.5 Å². The lowest BCUT2D eigenvalue weighted by atomic mass is 10.0. The van der Waals surface area contributed by atoms with E-state index in [2.05, 4.69) is 0 Å². The Morgan fingerprint density at radius 3 is 2.72 bits per heavy atom. The Labute approximate surface area is 106 Å². The normalized spacial score (nSPS) is 16.7. The Morgan fingerprint density at radius 1 is 1.39 bits per heavy atom. The van der Waals surface area contributed by atoms with E-state index in [9.17, 15) is 8.78 Å². The molecule has 1 aromatic rings. The summed E-state index contributed by atoms with van der Waals surface area (Å²) in [6.07, 6.45) is 3.46. The standard InChI is InChI=1S/C14H19F2NO/c1-2-12(17)6-10-5-11(15)7-13(16)14(10)18-8-9-3-4-9/h5,7,9,12H,2-4,6,8,17H2,1H3. The number of hydrogen-bond acceptors (Lipinski definition) is 2. The van der Waals surface area contributed by atoms with Crippen LogP contribution >= 0.6 is 0 Å². The van der Waals surface area contributed by atoms with Gasteiger partial charge in [-0.05, 0) is 37.7 Å². The third-order valence-corrected chi connectivity index (χ3v) is 3.25. The summed E-state index contributed by atoms with van der Waals surface area (Å²) >= 11 is 0. The lowest BCUT2D eigenvalue weighted by Gasteiger charge is -2.15. The Balaban J connectivity index is 2.16. The van der Waals surface area contributed by atoms with Crippen molar-refractivity contribution in [1.29, 1.82) is 0 Å². The predicted molar refractivity (Wildman–Crippen MR) is 66.5 cm³/mol. The summed E-state index contributed by atoms with van der Waals surface area (Å²) in [6.45, 7) is 2.46. The topological polar surface area (TPSA) is 35.2 Å². The molecule has 1 aliphatic carbocycles. The van der Waals surface area contributed by atoms with Crippen molar-refractivity contribution in [2.75, 3.05) is 6.61 Å². The van der Waals surface area contributed by atoms with Gasteiger partial charge in [0.25, 0.3) is 0 Å². The first-order valence-electron chi connectivity index (χ1n) is 6.46. The number of benzene rings is 1. The molecule has 18 heavy (non-hydrogen) atoms. The monoisotopic (exact) mass is 255 g/mol. The summed E-state index contributed by atoms with van der Waals surface area (Å²) < 4.78 is 32.5. The fourth-order valence-corrected chi connectivity index (χ4v) is 1.84. The molecule has 0 amide bonds.